The molecule has 1 aliphatic carbocycles. The highest BCUT2D eigenvalue weighted by atomic mass is 16.3. The summed E-state index contributed by atoms with van der Waals surface area (Å²) in [6, 6.07) is 0.370. The normalized spacial score (nSPS) is 39.1. The first kappa shape index (κ1) is 9.93. The van der Waals surface area contributed by atoms with Crippen LogP contribution in [0.5, 0.6) is 0 Å². The van der Waals surface area contributed by atoms with Gasteiger partial charge in [0.05, 0.1) is 0 Å². The van der Waals surface area contributed by atoms with E-state index < -0.39 is 11.5 Å². The van der Waals surface area contributed by atoms with Crippen LogP contribution in [0, 0.1) is 0 Å². The summed E-state index contributed by atoms with van der Waals surface area (Å²) < 4.78 is 0. The number of likely N-dealkylation sites (tertiary alicyclic amines) is 1. The van der Waals surface area contributed by atoms with E-state index in [1.807, 2.05) is 0 Å². The van der Waals surface area contributed by atoms with Crippen LogP contribution < -0.4 is 5.73 Å². The third kappa shape index (κ3) is 1.64. The molecule has 3 N–H and O–H groups in total. The third-order valence-electron chi connectivity index (χ3n) is 3.58. The van der Waals surface area contributed by atoms with Crippen molar-refractivity contribution in [2.75, 3.05) is 13.1 Å². The summed E-state index contributed by atoms with van der Waals surface area (Å²) in [5.41, 5.74) is 3.96. The van der Waals surface area contributed by atoms with Crippen LogP contribution in [0.2, 0.25) is 0 Å². The maximum absolute atomic E-state index is 11.0. The molecule has 1 saturated heterocycles. The monoisotopic (exact) mass is 198 g/mol. The van der Waals surface area contributed by atoms with Gasteiger partial charge in [-0.1, -0.05) is 0 Å². The Balaban J connectivity index is 1.96. The smallest absolute Gasteiger partial charge is 0.249 e. The lowest BCUT2D eigenvalue weighted by Crippen LogP contribution is -2.43. The Morgan fingerprint density at radius 1 is 1.43 bits per heavy atom. The van der Waals surface area contributed by atoms with Gasteiger partial charge in [-0.05, 0) is 38.8 Å². The van der Waals surface area contributed by atoms with Gasteiger partial charge < -0.3 is 15.7 Å². The number of carbonyl (C=O) groups is 1. The molecule has 4 heteroatoms. The topological polar surface area (TPSA) is 66.6 Å². The number of hydrogen-bond donors (Lipinski definition) is 2. The first-order valence-electron chi connectivity index (χ1n) is 5.38. The molecule has 0 bridgehead atoms. The summed E-state index contributed by atoms with van der Waals surface area (Å²) in [6.07, 6.45) is 4.45. The lowest BCUT2D eigenvalue weighted by molar-refractivity contribution is -0.135. The minimum absolute atomic E-state index is 0.370. The van der Waals surface area contributed by atoms with Crippen LogP contribution in [0.15, 0.2) is 0 Å². The maximum atomic E-state index is 11.0. The lowest BCUT2D eigenvalue weighted by atomic mass is 10.0. The fourth-order valence-corrected chi connectivity index (χ4v) is 2.64. The van der Waals surface area contributed by atoms with Crippen molar-refractivity contribution in [2.24, 2.45) is 5.73 Å². The highest BCUT2D eigenvalue weighted by Crippen LogP contribution is 2.34. The Kier molecular flexibility index (Phi) is 2.49. The van der Waals surface area contributed by atoms with Gasteiger partial charge in [-0.3, -0.25) is 4.79 Å². The lowest BCUT2D eigenvalue weighted by Gasteiger charge is -2.24. The highest BCUT2D eigenvalue weighted by Gasteiger charge is 2.44. The van der Waals surface area contributed by atoms with Crippen molar-refractivity contribution < 1.29 is 9.90 Å². The van der Waals surface area contributed by atoms with Gasteiger partial charge in [0.15, 0.2) is 0 Å². The van der Waals surface area contributed by atoms with Gasteiger partial charge in [0.2, 0.25) is 5.91 Å². The van der Waals surface area contributed by atoms with E-state index in [1.54, 1.807) is 0 Å². The van der Waals surface area contributed by atoms with E-state index in [9.17, 15) is 9.90 Å². The van der Waals surface area contributed by atoms with E-state index in [2.05, 4.69) is 4.90 Å². The Morgan fingerprint density at radius 2 is 2.07 bits per heavy atom. The van der Waals surface area contributed by atoms with Crippen LogP contribution >= 0.6 is 0 Å². The second kappa shape index (κ2) is 3.51. The van der Waals surface area contributed by atoms with Gasteiger partial charge >= 0.3 is 0 Å². The van der Waals surface area contributed by atoms with Crippen LogP contribution in [0.1, 0.15) is 32.1 Å². The molecule has 0 aromatic heterocycles. The number of nitrogens with two attached hydrogens (primary N) is 1. The number of carbonyl (C=O) groups excluding carboxylic acids is 1. The first-order valence-corrected chi connectivity index (χ1v) is 5.38. The molecule has 2 fully saturated rings. The van der Waals surface area contributed by atoms with E-state index in [1.165, 1.54) is 12.8 Å². The summed E-state index contributed by atoms with van der Waals surface area (Å²) in [6.45, 7) is 2.22. The van der Waals surface area contributed by atoms with E-state index in [0.717, 1.165) is 19.5 Å². The SMILES string of the molecule is NC(=O)C1(O)CCC(N2CCCC2)C1. The molecule has 14 heavy (non-hydrogen) atoms. The van der Waals surface area contributed by atoms with Crippen molar-refractivity contribution in [3.8, 4) is 0 Å². The van der Waals surface area contributed by atoms with Gasteiger partial charge in [0.25, 0.3) is 0 Å². The average Bonchev–Trinajstić information content (AvgIpc) is 2.72. The van der Waals surface area contributed by atoms with Crippen molar-refractivity contribution in [1.29, 1.82) is 0 Å². The van der Waals surface area contributed by atoms with Crippen molar-refractivity contribution in [2.45, 2.75) is 43.7 Å². The molecule has 2 aliphatic rings. The molecule has 1 amide bonds. The number of hydrogen-bond acceptors (Lipinski definition) is 3. The van der Waals surface area contributed by atoms with E-state index >= 15 is 0 Å². The number of aliphatic hydroxyl groups is 1. The minimum atomic E-state index is -1.23. The maximum Gasteiger partial charge on any atom is 0.249 e. The number of primary amides is 1. The molecule has 0 spiro atoms. The largest absolute Gasteiger partial charge is 0.380 e. The van der Waals surface area contributed by atoms with Crippen LogP contribution in [-0.2, 0) is 4.79 Å². The predicted octanol–water partition coefficient (Wildman–Crippen LogP) is -0.149. The van der Waals surface area contributed by atoms with Crippen LogP contribution in [-0.4, -0.2) is 40.6 Å². The Labute approximate surface area is 84.1 Å². The molecule has 2 atom stereocenters. The molecule has 0 radical (unpaired) electrons. The van der Waals surface area contributed by atoms with Gasteiger partial charge in [-0.15, -0.1) is 0 Å². The summed E-state index contributed by atoms with van der Waals surface area (Å²) in [4.78, 5) is 13.4. The third-order valence-corrected chi connectivity index (χ3v) is 3.58. The molecule has 1 heterocycles. The average molecular weight is 198 g/mol. The van der Waals surface area contributed by atoms with Crippen molar-refractivity contribution in [3.05, 3.63) is 0 Å². The fraction of sp³-hybridized carbons (Fsp3) is 0.900. The molecule has 1 saturated carbocycles. The molecular weight excluding hydrogens is 180 g/mol. The Morgan fingerprint density at radius 3 is 2.57 bits per heavy atom. The van der Waals surface area contributed by atoms with Crippen LogP contribution in [0.4, 0.5) is 0 Å². The standard InChI is InChI=1S/C10H18N2O2/c11-9(13)10(14)4-3-8(7-10)12-5-1-2-6-12/h8,14H,1-7H2,(H2,11,13). The van der Waals surface area contributed by atoms with E-state index in [-0.39, 0.29) is 0 Å². The summed E-state index contributed by atoms with van der Waals surface area (Å²) >= 11 is 0. The van der Waals surface area contributed by atoms with Crippen LogP contribution in [0.3, 0.4) is 0 Å². The second-order valence-corrected chi connectivity index (χ2v) is 4.54. The molecule has 2 unspecified atom stereocenters. The summed E-state index contributed by atoms with van der Waals surface area (Å²) in [5, 5.41) is 9.90. The van der Waals surface area contributed by atoms with E-state index in [0.29, 0.717) is 18.9 Å². The molecule has 80 valence electrons. The van der Waals surface area contributed by atoms with Crippen molar-refractivity contribution in [3.63, 3.8) is 0 Å². The Bertz CT molecular complexity index is 238. The zero-order chi connectivity index (χ0) is 10.2. The summed E-state index contributed by atoms with van der Waals surface area (Å²) in [5.74, 6) is -0.556. The number of nitrogens with zero attached hydrogens (tertiary/aromatic N) is 1. The quantitative estimate of drug-likeness (QED) is 0.648. The van der Waals surface area contributed by atoms with E-state index in [4.69, 9.17) is 5.73 Å². The zero-order valence-electron chi connectivity index (χ0n) is 8.41. The molecule has 0 aromatic carbocycles. The molecular formula is C10H18N2O2. The highest BCUT2D eigenvalue weighted by molar-refractivity contribution is 5.83. The molecule has 2 rings (SSSR count). The number of rotatable bonds is 2. The number of amides is 1. The predicted molar refractivity (Wildman–Crippen MR) is 52.6 cm³/mol. The first-order chi connectivity index (χ1) is 6.62. The second-order valence-electron chi connectivity index (χ2n) is 4.54. The minimum Gasteiger partial charge on any atom is -0.380 e. The van der Waals surface area contributed by atoms with Gasteiger partial charge in [0.1, 0.15) is 5.60 Å². The molecule has 4 nitrogen and oxygen atoms in total. The van der Waals surface area contributed by atoms with Gasteiger partial charge in [-0.2, -0.15) is 0 Å². The fourth-order valence-electron chi connectivity index (χ4n) is 2.64. The van der Waals surface area contributed by atoms with Crippen molar-refractivity contribution in [1.82, 2.24) is 4.90 Å². The molecule has 0 aromatic rings. The van der Waals surface area contributed by atoms with Crippen molar-refractivity contribution >= 4 is 5.91 Å². The van der Waals surface area contributed by atoms with Crippen LogP contribution in [0.25, 0.3) is 0 Å². The summed E-state index contributed by atoms with van der Waals surface area (Å²) in [7, 11) is 0. The Hall–Kier alpha value is -0.610. The van der Waals surface area contributed by atoms with Gasteiger partial charge in [-0.25, -0.2) is 0 Å². The zero-order valence-corrected chi connectivity index (χ0v) is 8.41. The molecule has 1 aliphatic heterocycles. The van der Waals surface area contributed by atoms with Gasteiger partial charge in [0, 0.05) is 12.5 Å².